The van der Waals surface area contributed by atoms with Gasteiger partial charge in [-0.2, -0.15) is 0 Å². The molecule has 3 saturated carbocycles. The maximum absolute atomic E-state index is 12.9. The van der Waals surface area contributed by atoms with Gasteiger partial charge in [0.1, 0.15) is 0 Å². The van der Waals surface area contributed by atoms with Crippen molar-refractivity contribution in [3.05, 3.63) is 0 Å². The number of hydrogen-bond donors (Lipinski definition) is 1. The second kappa shape index (κ2) is 7.43. The van der Waals surface area contributed by atoms with E-state index in [0.29, 0.717) is 24.9 Å². The van der Waals surface area contributed by atoms with Crippen molar-refractivity contribution in [2.24, 2.45) is 5.92 Å². The summed E-state index contributed by atoms with van der Waals surface area (Å²) in [4.78, 5) is 16.8. The number of nitrogens with one attached hydrogen (secondary N) is 1. The lowest BCUT2D eigenvalue weighted by molar-refractivity contribution is 0.0500. The highest BCUT2D eigenvalue weighted by atomic mass is 32.2. The van der Waals surface area contributed by atoms with Crippen LogP contribution in [0.15, 0.2) is 0 Å². The van der Waals surface area contributed by atoms with E-state index in [0.717, 1.165) is 51.5 Å². The number of ether oxygens (including phenoxy) is 1. The normalized spacial score (nSPS) is 37.8. The first-order valence-corrected chi connectivity index (χ1v) is 12.4. The van der Waals surface area contributed by atoms with E-state index in [-0.39, 0.29) is 23.7 Å². The minimum atomic E-state index is -3.33. The second-order valence-corrected chi connectivity index (χ2v) is 11.7. The number of carbonyl (C=O) groups is 1. The van der Waals surface area contributed by atoms with Gasteiger partial charge in [0.2, 0.25) is 10.0 Å². The molecule has 1 saturated heterocycles. The third-order valence-electron chi connectivity index (χ3n) is 7.59. The van der Waals surface area contributed by atoms with Crippen molar-refractivity contribution in [3.8, 4) is 0 Å². The van der Waals surface area contributed by atoms with Gasteiger partial charge in [-0.3, -0.25) is 0 Å². The molecule has 1 aliphatic heterocycles. The van der Waals surface area contributed by atoms with Crippen LogP contribution in [0.25, 0.3) is 0 Å². The van der Waals surface area contributed by atoms with E-state index in [9.17, 15) is 13.2 Å². The maximum Gasteiger partial charge on any atom is 0.320 e. The first-order chi connectivity index (χ1) is 13.2. The maximum atomic E-state index is 12.9. The number of hydrogen-bond acceptors (Lipinski definition) is 4. The van der Waals surface area contributed by atoms with E-state index < -0.39 is 15.3 Å². The third-order valence-corrected chi connectivity index (χ3v) is 9.67. The number of urea groups is 1. The van der Waals surface area contributed by atoms with Gasteiger partial charge in [0.05, 0.1) is 23.4 Å². The molecule has 0 aromatic carbocycles. The third kappa shape index (κ3) is 3.92. The molecule has 4 rings (SSSR count). The standard InChI is InChI=1S/C20H35N3O4S/c1-20(10-11-20)21-28(25,26)16-8-9-17-18(12-16)22(2)19(24)23(17)13-14-4-6-15(27-3)7-5-14/h14-18,21H,4-13H2,1-3H3. The average molecular weight is 414 g/mol. The van der Waals surface area contributed by atoms with E-state index in [1.807, 2.05) is 18.9 Å². The molecule has 0 aromatic rings. The highest BCUT2D eigenvalue weighted by molar-refractivity contribution is 7.90. The van der Waals surface area contributed by atoms with Crippen LogP contribution in [0.2, 0.25) is 0 Å². The van der Waals surface area contributed by atoms with Crippen LogP contribution in [0.5, 0.6) is 0 Å². The van der Waals surface area contributed by atoms with E-state index >= 15 is 0 Å². The summed E-state index contributed by atoms with van der Waals surface area (Å²) in [5.74, 6) is 0.528. The predicted octanol–water partition coefficient (Wildman–Crippen LogP) is 2.32. The number of likely N-dealkylation sites (N-methyl/N-ethyl adjacent to an activating group) is 1. The number of nitrogens with zero attached hydrogens (tertiary/aromatic N) is 2. The van der Waals surface area contributed by atoms with Crippen molar-refractivity contribution in [1.82, 2.24) is 14.5 Å². The van der Waals surface area contributed by atoms with Crippen LogP contribution in [0.1, 0.15) is 64.7 Å². The fourth-order valence-electron chi connectivity index (χ4n) is 5.40. The van der Waals surface area contributed by atoms with Crippen LogP contribution in [0.3, 0.4) is 0 Å². The average Bonchev–Trinajstić information content (AvgIpc) is 3.35. The largest absolute Gasteiger partial charge is 0.381 e. The zero-order chi connectivity index (χ0) is 20.1. The van der Waals surface area contributed by atoms with Gasteiger partial charge >= 0.3 is 6.03 Å². The summed E-state index contributed by atoms with van der Waals surface area (Å²) in [6.07, 6.45) is 8.50. The van der Waals surface area contributed by atoms with Crippen molar-refractivity contribution in [3.63, 3.8) is 0 Å². The van der Waals surface area contributed by atoms with Gasteiger partial charge in [-0.1, -0.05) is 0 Å². The molecule has 4 aliphatic rings. The first-order valence-electron chi connectivity index (χ1n) is 10.8. The summed E-state index contributed by atoms with van der Waals surface area (Å²) in [6.45, 7) is 2.77. The van der Waals surface area contributed by atoms with Gasteiger partial charge in [-0.25, -0.2) is 17.9 Å². The van der Waals surface area contributed by atoms with E-state index in [4.69, 9.17) is 4.74 Å². The Labute approximate surface area is 169 Å². The van der Waals surface area contributed by atoms with Crippen LogP contribution >= 0.6 is 0 Å². The van der Waals surface area contributed by atoms with Gasteiger partial charge in [0.25, 0.3) is 0 Å². The number of amides is 2. The number of sulfonamides is 1. The Hall–Kier alpha value is -0.860. The molecule has 0 radical (unpaired) electrons. The Balaban J connectivity index is 1.39. The highest BCUT2D eigenvalue weighted by Gasteiger charge is 2.51. The van der Waals surface area contributed by atoms with Gasteiger partial charge in [0, 0.05) is 26.2 Å². The Bertz CT molecular complexity index is 700. The lowest BCUT2D eigenvalue weighted by Crippen LogP contribution is -2.50. The van der Waals surface area contributed by atoms with E-state index in [2.05, 4.69) is 4.72 Å². The molecule has 160 valence electrons. The molecule has 3 aliphatic carbocycles. The number of methoxy groups -OCH3 is 1. The van der Waals surface area contributed by atoms with E-state index in [1.54, 1.807) is 12.0 Å². The summed E-state index contributed by atoms with van der Waals surface area (Å²) in [7, 11) is 0.285. The molecule has 1 heterocycles. The molecule has 2 amide bonds. The fourth-order valence-corrected chi connectivity index (χ4v) is 7.35. The Morgan fingerprint density at radius 1 is 1.11 bits per heavy atom. The van der Waals surface area contributed by atoms with Gasteiger partial charge < -0.3 is 14.5 Å². The monoisotopic (exact) mass is 413 g/mol. The van der Waals surface area contributed by atoms with Crippen molar-refractivity contribution in [2.75, 3.05) is 20.7 Å². The Morgan fingerprint density at radius 3 is 2.39 bits per heavy atom. The topological polar surface area (TPSA) is 79.0 Å². The minimum absolute atomic E-state index is 0.00477. The second-order valence-electron chi connectivity index (χ2n) is 9.70. The molecular formula is C20H35N3O4S. The van der Waals surface area contributed by atoms with Crippen LogP contribution in [-0.4, -0.2) is 73.9 Å². The van der Waals surface area contributed by atoms with Crippen LogP contribution in [0.4, 0.5) is 4.79 Å². The lowest BCUT2D eigenvalue weighted by atomic mass is 9.85. The molecule has 3 unspecified atom stereocenters. The molecule has 0 aromatic heterocycles. The fraction of sp³-hybridized carbons (Fsp3) is 0.950. The lowest BCUT2D eigenvalue weighted by Gasteiger charge is -2.37. The quantitative estimate of drug-likeness (QED) is 0.725. The molecular weight excluding hydrogens is 378 g/mol. The number of carbonyl (C=O) groups excluding carboxylic acids is 1. The molecule has 3 atom stereocenters. The van der Waals surface area contributed by atoms with E-state index in [1.165, 1.54) is 0 Å². The Kier molecular flexibility index (Phi) is 5.42. The number of fused-ring (bicyclic) bond motifs is 1. The summed E-state index contributed by atoms with van der Waals surface area (Å²) in [5, 5.41) is -0.390. The molecule has 0 bridgehead atoms. The molecule has 1 N–H and O–H groups in total. The summed E-state index contributed by atoms with van der Waals surface area (Å²) in [6, 6.07) is 0.231. The summed E-state index contributed by atoms with van der Waals surface area (Å²) >= 11 is 0. The minimum Gasteiger partial charge on any atom is -0.381 e. The Morgan fingerprint density at radius 2 is 1.79 bits per heavy atom. The molecule has 8 heteroatoms. The first kappa shape index (κ1) is 20.4. The zero-order valence-electron chi connectivity index (χ0n) is 17.4. The SMILES string of the molecule is COC1CCC(CN2C(=O)N(C)C3CC(S(=O)(=O)NC4(C)CC4)CCC32)CC1. The van der Waals surface area contributed by atoms with Gasteiger partial charge in [-0.05, 0) is 70.6 Å². The van der Waals surface area contributed by atoms with Crippen LogP contribution < -0.4 is 4.72 Å². The number of rotatable bonds is 6. The van der Waals surface area contributed by atoms with Crippen LogP contribution in [0, 0.1) is 5.92 Å². The van der Waals surface area contributed by atoms with Crippen molar-refractivity contribution in [2.45, 2.75) is 93.7 Å². The van der Waals surface area contributed by atoms with Crippen LogP contribution in [-0.2, 0) is 14.8 Å². The highest BCUT2D eigenvalue weighted by Crippen LogP contribution is 2.40. The molecule has 4 fully saturated rings. The summed E-state index contributed by atoms with van der Waals surface area (Å²) in [5.41, 5.74) is -0.236. The smallest absolute Gasteiger partial charge is 0.320 e. The molecule has 7 nitrogen and oxygen atoms in total. The van der Waals surface area contributed by atoms with Crippen molar-refractivity contribution < 1.29 is 17.9 Å². The molecule has 0 spiro atoms. The van der Waals surface area contributed by atoms with Gasteiger partial charge in [0.15, 0.2) is 0 Å². The van der Waals surface area contributed by atoms with Gasteiger partial charge in [-0.15, -0.1) is 0 Å². The van der Waals surface area contributed by atoms with Crippen molar-refractivity contribution in [1.29, 1.82) is 0 Å². The molecule has 28 heavy (non-hydrogen) atoms. The zero-order valence-corrected chi connectivity index (χ0v) is 18.2. The van der Waals surface area contributed by atoms with Crippen molar-refractivity contribution >= 4 is 16.1 Å². The summed E-state index contributed by atoms with van der Waals surface area (Å²) < 4.78 is 34.0. The predicted molar refractivity (Wildman–Crippen MR) is 108 cm³/mol.